The van der Waals surface area contributed by atoms with E-state index in [2.05, 4.69) is 17.3 Å². The lowest BCUT2D eigenvalue weighted by Gasteiger charge is -2.08. The molecule has 0 aromatic carbocycles. The second-order valence-electron chi connectivity index (χ2n) is 4.08. The molecule has 0 aliphatic carbocycles. The first-order chi connectivity index (χ1) is 7.65. The van der Waals surface area contributed by atoms with Crippen molar-refractivity contribution in [3.05, 3.63) is 18.0 Å². The van der Waals surface area contributed by atoms with Gasteiger partial charge in [-0.25, -0.2) is 0 Å². The molecule has 5 heteroatoms. The summed E-state index contributed by atoms with van der Waals surface area (Å²) in [5.41, 5.74) is 6.10. The molecule has 0 radical (unpaired) electrons. The first kappa shape index (κ1) is 12.7. The number of carbonyl (C=O) groups is 1. The number of hydrogen-bond donors (Lipinski definition) is 2. The SMILES string of the molecule is CC(CN)CCCNC(=O)c1ccnn1C. The van der Waals surface area contributed by atoms with Crippen LogP contribution in [0.5, 0.6) is 0 Å². The molecular formula is C11H20N4O. The molecule has 0 spiro atoms. The van der Waals surface area contributed by atoms with E-state index >= 15 is 0 Å². The number of rotatable bonds is 6. The first-order valence-corrected chi connectivity index (χ1v) is 5.61. The summed E-state index contributed by atoms with van der Waals surface area (Å²) in [7, 11) is 1.76. The van der Waals surface area contributed by atoms with Crippen LogP contribution in [0.2, 0.25) is 0 Å². The van der Waals surface area contributed by atoms with E-state index in [1.165, 1.54) is 0 Å². The normalized spacial score (nSPS) is 12.4. The Labute approximate surface area is 96.0 Å². The van der Waals surface area contributed by atoms with Gasteiger partial charge in [0.15, 0.2) is 0 Å². The smallest absolute Gasteiger partial charge is 0.269 e. The fraction of sp³-hybridized carbons (Fsp3) is 0.636. The van der Waals surface area contributed by atoms with E-state index in [9.17, 15) is 4.79 Å². The van der Waals surface area contributed by atoms with Crippen LogP contribution in [0.15, 0.2) is 12.3 Å². The van der Waals surface area contributed by atoms with Crippen LogP contribution in [-0.4, -0.2) is 28.8 Å². The molecule has 1 atom stereocenters. The zero-order valence-electron chi connectivity index (χ0n) is 9.94. The van der Waals surface area contributed by atoms with Gasteiger partial charge in [-0.1, -0.05) is 6.92 Å². The van der Waals surface area contributed by atoms with Crippen LogP contribution >= 0.6 is 0 Å². The minimum atomic E-state index is -0.0691. The fourth-order valence-corrected chi connectivity index (χ4v) is 1.46. The monoisotopic (exact) mass is 224 g/mol. The number of aryl methyl sites for hydroxylation is 1. The maximum atomic E-state index is 11.6. The summed E-state index contributed by atoms with van der Waals surface area (Å²) in [4.78, 5) is 11.6. The third-order valence-corrected chi connectivity index (χ3v) is 2.62. The van der Waals surface area contributed by atoms with E-state index in [1.807, 2.05) is 0 Å². The van der Waals surface area contributed by atoms with Gasteiger partial charge < -0.3 is 11.1 Å². The minimum Gasteiger partial charge on any atom is -0.351 e. The molecule has 0 fully saturated rings. The van der Waals surface area contributed by atoms with E-state index < -0.39 is 0 Å². The largest absolute Gasteiger partial charge is 0.351 e. The van der Waals surface area contributed by atoms with Gasteiger partial charge in [0.05, 0.1) is 0 Å². The Kier molecular flexibility index (Phi) is 4.98. The molecule has 1 rings (SSSR count). The molecule has 1 amide bonds. The van der Waals surface area contributed by atoms with Crippen molar-refractivity contribution in [2.24, 2.45) is 18.7 Å². The van der Waals surface area contributed by atoms with Crippen molar-refractivity contribution in [3.8, 4) is 0 Å². The maximum Gasteiger partial charge on any atom is 0.269 e. The molecular weight excluding hydrogens is 204 g/mol. The lowest BCUT2D eigenvalue weighted by molar-refractivity contribution is 0.0943. The summed E-state index contributed by atoms with van der Waals surface area (Å²) in [6.07, 6.45) is 3.62. The van der Waals surface area contributed by atoms with Crippen molar-refractivity contribution in [1.29, 1.82) is 0 Å². The van der Waals surface area contributed by atoms with Crippen molar-refractivity contribution < 1.29 is 4.79 Å². The molecule has 1 aromatic rings. The number of hydrogen-bond acceptors (Lipinski definition) is 3. The van der Waals surface area contributed by atoms with Crippen LogP contribution in [0.3, 0.4) is 0 Å². The van der Waals surface area contributed by atoms with Crippen molar-refractivity contribution in [2.75, 3.05) is 13.1 Å². The number of aromatic nitrogens is 2. The zero-order valence-corrected chi connectivity index (χ0v) is 9.94. The Bertz CT molecular complexity index is 334. The molecule has 0 saturated heterocycles. The number of nitrogens with zero attached hydrogens (tertiary/aromatic N) is 2. The van der Waals surface area contributed by atoms with Crippen molar-refractivity contribution in [2.45, 2.75) is 19.8 Å². The Balaban J connectivity index is 2.24. The van der Waals surface area contributed by atoms with Crippen molar-refractivity contribution in [3.63, 3.8) is 0 Å². The second kappa shape index (κ2) is 6.27. The molecule has 90 valence electrons. The summed E-state index contributed by atoms with van der Waals surface area (Å²) < 4.78 is 1.57. The zero-order chi connectivity index (χ0) is 12.0. The van der Waals surface area contributed by atoms with E-state index in [4.69, 9.17) is 5.73 Å². The van der Waals surface area contributed by atoms with Gasteiger partial charge in [0.2, 0.25) is 0 Å². The van der Waals surface area contributed by atoms with Gasteiger partial charge in [0.25, 0.3) is 5.91 Å². The summed E-state index contributed by atoms with van der Waals surface area (Å²) in [5, 5.41) is 6.81. The Morgan fingerprint density at radius 2 is 2.44 bits per heavy atom. The third-order valence-electron chi connectivity index (χ3n) is 2.62. The average molecular weight is 224 g/mol. The lowest BCUT2D eigenvalue weighted by atomic mass is 10.1. The molecule has 1 aromatic heterocycles. The highest BCUT2D eigenvalue weighted by Gasteiger charge is 2.08. The van der Waals surface area contributed by atoms with E-state index in [-0.39, 0.29) is 5.91 Å². The van der Waals surface area contributed by atoms with Crippen LogP contribution in [0.1, 0.15) is 30.3 Å². The average Bonchev–Trinajstić information content (AvgIpc) is 2.70. The van der Waals surface area contributed by atoms with Crippen LogP contribution in [-0.2, 0) is 7.05 Å². The van der Waals surface area contributed by atoms with E-state index in [1.54, 1.807) is 24.0 Å². The Morgan fingerprint density at radius 1 is 1.69 bits per heavy atom. The number of nitrogens with one attached hydrogen (secondary N) is 1. The van der Waals surface area contributed by atoms with Gasteiger partial charge in [-0.05, 0) is 31.4 Å². The first-order valence-electron chi connectivity index (χ1n) is 5.61. The molecule has 1 heterocycles. The standard InChI is InChI=1S/C11H20N4O/c1-9(8-12)4-3-6-13-11(16)10-5-7-14-15(10)2/h5,7,9H,3-4,6,8,12H2,1-2H3,(H,13,16). The molecule has 3 N–H and O–H groups in total. The Hall–Kier alpha value is -1.36. The van der Waals surface area contributed by atoms with Gasteiger partial charge >= 0.3 is 0 Å². The van der Waals surface area contributed by atoms with Gasteiger partial charge in [0.1, 0.15) is 5.69 Å². The quantitative estimate of drug-likeness (QED) is 0.692. The molecule has 5 nitrogen and oxygen atoms in total. The highest BCUT2D eigenvalue weighted by molar-refractivity contribution is 5.92. The molecule has 1 unspecified atom stereocenters. The van der Waals surface area contributed by atoms with Gasteiger partial charge in [0, 0.05) is 19.8 Å². The minimum absolute atomic E-state index is 0.0691. The van der Waals surface area contributed by atoms with Crippen molar-refractivity contribution in [1.82, 2.24) is 15.1 Å². The predicted molar refractivity (Wildman–Crippen MR) is 63.0 cm³/mol. The van der Waals surface area contributed by atoms with Gasteiger partial charge in [-0.3, -0.25) is 9.48 Å². The van der Waals surface area contributed by atoms with Crippen LogP contribution < -0.4 is 11.1 Å². The topological polar surface area (TPSA) is 72.9 Å². The lowest BCUT2D eigenvalue weighted by Crippen LogP contribution is -2.27. The van der Waals surface area contributed by atoms with E-state index in [0.717, 1.165) is 12.8 Å². The maximum absolute atomic E-state index is 11.6. The third kappa shape index (κ3) is 3.66. The van der Waals surface area contributed by atoms with E-state index in [0.29, 0.717) is 24.7 Å². The number of nitrogens with two attached hydrogens (primary N) is 1. The molecule has 0 aliphatic rings. The molecule has 0 bridgehead atoms. The summed E-state index contributed by atoms with van der Waals surface area (Å²) in [5.74, 6) is 0.453. The molecule has 0 aliphatic heterocycles. The molecule has 0 saturated carbocycles. The molecule has 16 heavy (non-hydrogen) atoms. The number of carbonyl (C=O) groups excluding carboxylic acids is 1. The predicted octanol–water partition coefficient (Wildman–Crippen LogP) is 0.525. The summed E-state index contributed by atoms with van der Waals surface area (Å²) >= 11 is 0. The van der Waals surface area contributed by atoms with Crippen molar-refractivity contribution >= 4 is 5.91 Å². The summed E-state index contributed by atoms with van der Waals surface area (Å²) in [6.45, 7) is 3.51. The summed E-state index contributed by atoms with van der Waals surface area (Å²) in [6, 6.07) is 1.71. The van der Waals surface area contributed by atoms with Crippen LogP contribution in [0, 0.1) is 5.92 Å². The van der Waals surface area contributed by atoms with Gasteiger partial charge in [-0.2, -0.15) is 5.10 Å². The second-order valence-corrected chi connectivity index (χ2v) is 4.08. The highest BCUT2D eigenvalue weighted by atomic mass is 16.2. The van der Waals surface area contributed by atoms with Gasteiger partial charge in [-0.15, -0.1) is 0 Å². The fourth-order valence-electron chi connectivity index (χ4n) is 1.46. The number of amides is 1. The van der Waals surface area contributed by atoms with Crippen LogP contribution in [0.25, 0.3) is 0 Å². The highest BCUT2D eigenvalue weighted by Crippen LogP contribution is 2.02. The Morgan fingerprint density at radius 3 is 3.00 bits per heavy atom. The van der Waals surface area contributed by atoms with Crippen LogP contribution in [0.4, 0.5) is 0 Å².